The zero-order chi connectivity index (χ0) is 19.0. The molecule has 7 heteroatoms. The minimum Gasteiger partial charge on any atom is -0.497 e. The van der Waals surface area contributed by atoms with E-state index in [2.05, 4.69) is 21.3 Å². The van der Waals surface area contributed by atoms with Crippen molar-refractivity contribution in [3.8, 4) is 17.6 Å². The third-order valence-electron chi connectivity index (χ3n) is 3.47. The summed E-state index contributed by atoms with van der Waals surface area (Å²) >= 11 is 0. The Hall–Kier alpha value is -2.82. The number of sulfonamides is 1. The maximum absolute atomic E-state index is 12.5. The van der Waals surface area contributed by atoms with Crippen molar-refractivity contribution in [2.75, 3.05) is 14.2 Å². The molecule has 0 aliphatic heterocycles. The Morgan fingerprint density at radius 2 is 1.73 bits per heavy atom. The molecule has 0 saturated heterocycles. The predicted octanol–water partition coefficient (Wildman–Crippen LogP) is 1.96. The summed E-state index contributed by atoms with van der Waals surface area (Å²) in [4.78, 5) is 11.9. The molecule has 2 aromatic carbocycles. The second kappa shape index (κ2) is 9.04. The summed E-state index contributed by atoms with van der Waals surface area (Å²) in [7, 11) is -1.23. The van der Waals surface area contributed by atoms with E-state index in [0.29, 0.717) is 5.75 Å². The Labute approximate surface area is 153 Å². The van der Waals surface area contributed by atoms with E-state index in [1.807, 2.05) is 30.3 Å². The number of ether oxygens (including phenoxy) is 2. The molecule has 0 aromatic heterocycles. The minimum absolute atomic E-state index is 0.0169. The first-order valence-electron chi connectivity index (χ1n) is 7.74. The van der Waals surface area contributed by atoms with Crippen LogP contribution in [-0.4, -0.2) is 34.6 Å². The van der Waals surface area contributed by atoms with Crippen LogP contribution in [0.3, 0.4) is 0 Å². The molecule has 2 rings (SSSR count). The van der Waals surface area contributed by atoms with E-state index in [4.69, 9.17) is 4.74 Å². The molecule has 0 aliphatic rings. The molecule has 0 amide bonds. The molecular formula is C19H19NO5S. The SMILES string of the molecule is COC(=O)[C@H](CC#Cc1ccccc1)NS(=O)(=O)c1ccc(OC)cc1. The third-order valence-corrected chi connectivity index (χ3v) is 4.95. The van der Waals surface area contributed by atoms with Crippen LogP contribution in [0.4, 0.5) is 0 Å². The lowest BCUT2D eigenvalue weighted by Gasteiger charge is -2.14. The van der Waals surface area contributed by atoms with Gasteiger partial charge in [-0.2, -0.15) is 4.72 Å². The molecule has 6 nitrogen and oxygen atoms in total. The van der Waals surface area contributed by atoms with Crippen LogP contribution >= 0.6 is 0 Å². The molecule has 0 unspecified atom stereocenters. The van der Waals surface area contributed by atoms with Crippen LogP contribution in [-0.2, 0) is 19.6 Å². The molecule has 1 N–H and O–H groups in total. The third kappa shape index (κ3) is 5.34. The van der Waals surface area contributed by atoms with Gasteiger partial charge < -0.3 is 9.47 Å². The summed E-state index contributed by atoms with van der Waals surface area (Å²) in [6.07, 6.45) is -0.0169. The Morgan fingerprint density at radius 3 is 2.31 bits per heavy atom. The van der Waals surface area contributed by atoms with E-state index < -0.39 is 22.0 Å². The molecule has 136 valence electrons. The molecule has 0 radical (unpaired) electrons. The molecule has 0 spiro atoms. The topological polar surface area (TPSA) is 81.7 Å². The second-order valence-corrected chi connectivity index (χ2v) is 6.96. The number of benzene rings is 2. The van der Waals surface area contributed by atoms with E-state index in [-0.39, 0.29) is 11.3 Å². The number of hydrogen-bond acceptors (Lipinski definition) is 5. The van der Waals surface area contributed by atoms with E-state index in [0.717, 1.165) is 5.56 Å². The smallest absolute Gasteiger partial charge is 0.324 e. The van der Waals surface area contributed by atoms with Crippen molar-refractivity contribution >= 4 is 16.0 Å². The monoisotopic (exact) mass is 373 g/mol. The number of carbonyl (C=O) groups is 1. The average Bonchev–Trinajstić information content (AvgIpc) is 2.67. The van der Waals surface area contributed by atoms with E-state index in [1.165, 1.54) is 38.5 Å². The number of methoxy groups -OCH3 is 2. The second-order valence-electron chi connectivity index (χ2n) is 5.24. The summed E-state index contributed by atoms with van der Waals surface area (Å²) in [6.45, 7) is 0. The van der Waals surface area contributed by atoms with Gasteiger partial charge >= 0.3 is 5.97 Å². The first-order chi connectivity index (χ1) is 12.5. The van der Waals surface area contributed by atoms with Crippen LogP contribution in [0, 0.1) is 11.8 Å². The van der Waals surface area contributed by atoms with Gasteiger partial charge in [0.15, 0.2) is 0 Å². The Kier molecular flexibility index (Phi) is 6.78. The zero-order valence-electron chi connectivity index (χ0n) is 14.4. The van der Waals surface area contributed by atoms with Gasteiger partial charge in [-0.1, -0.05) is 30.0 Å². The van der Waals surface area contributed by atoms with Crippen LogP contribution in [0.15, 0.2) is 59.5 Å². The van der Waals surface area contributed by atoms with Gasteiger partial charge in [-0.25, -0.2) is 8.42 Å². The predicted molar refractivity (Wildman–Crippen MR) is 97.1 cm³/mol. The first kappa shape index (κ1) is 19.5. The maximum atomic E-state index is 12.5. The highest BCUT2D eigenvalue weighted by molar-refractivity contribution is 7.89. The van der Waals surface area contributed by atoms with Gasteiger partial charge in [0, 0.05) is 12.0 Å². The van der Waals surface area contributed by atoms with Gasteiger partial charge in [-0.15, -0.1) is 0 Å². The van der Waals surface area contributed by atoms with Gasteiger partial charge in [-0.05, 0) is 36.4 Å². The van der Waals surface area contributed by atoms with Gasteiger partial charge in [-0.3, -0.25) is 4.79 Å². The molecule has 0 saturated carbocycles. The van der Waals surface area contributed by atoms with Gasteiger partial charge in [0.2, 0.25) is 10.0 Å². The lowest BCUT2D eigenvalue weighted by atomic mass is 10.2. The van der Waals surface area contributed by atoms with Crippen LogP contribution in [0.5, 0.6) is 5.75 Å². The quantitative estimate of drug-likeness (QED) is 0.618. The summed E-state index contributed by atoms with van der Waals surface area (Å²) < 4.78 is 37.0. The summed E-state index contributed by atoms with van der Waals surface area (Å²) in [5, 5.41) is 0. The number of hydrogen-bond donors (Lipinski definition) is 1. The fraction of sp³-hybridized carbons (Fsp3) is 0.211. The van der Waals surface area contributed by atoms with Crippen LogP contribution in [0.25, 0.3) is 0 Å². The molecular weight excluding hydrogens is 354 g/mol. The van der Waals surface area contributed by atoms with Crippen molar-refractivity contribution in [3.05, 3.63) is 60.2 Å². The fourth-order valence-electron chi connectivity index (χ4n) is 2.10. The van der Waals surface area contributed by atoms with Gasteiger partial charge in [0.05, 0.1) is 19.1 Å². The van der Waals surface area contributed by atoms with Crippen molar-refractivity contribution in [2.24, 2.45) is 0 Å². The summed E-state index contributed by atoms with van der Waals surface area (Å²) in [5.74, 6) is 5.52. The maximum Gasteiger partial charge on any atom is 0.324 e. The normalized spacial score (nSPS) is 11.8. The fourth-order valence-corrected chi connectivity index (χ4v) is 3.29. The van der Waals surface area contributed by atoms with Crippen molar-refractivity contribution < 1.29 is 22.7 Å². The Morgan fingerprint density at radius 1 is 1.08 bits per heavy atom. The molecule has 0 aliphatic carbocycles. The van der Waals surface area contributed by atoms with Crippen LogP contribution < -0.4 is 9.46 Å². The van der Waals surface area contributed by atoms with Gasteiger partial charge in [0.1, 0.15) is 11.8 Å². The molecule has 0 heterocycles. The number of nitrogens with one attached hydrogen (secondary N) is 1. The standard InChI is InChI=1S/C19H19NO5S/c1-24-16-11-13-17(14-12-16)26(22,23)20-18(19(21)25-2)10-6-9-15-7-4-3-5-8-15/h3-5,7-8,11-14,18,20H,10H2,1-2H3/t18-/m0/s1. The molecule has 0 fully saturated rings. The highest BCUT2D eigenvalue weighted by Gasteiger charge is 2.25. The van der Waals surface area contributed by atoms with Crippen LogP contribution in [0.2, 0.25) is 0 Å². The van der Waals surface area contributed by atoms with E-state index in [1.54, 1.807) is 0 Å². The van der Waals surface area contributed by atoms with Crippen molar-refractivity contribution in [2.45, 2.75) is 17.4 Å². The highest BCUT2D eigenvalue weighted by Crippen LogP contribution is 2.16. The number of carbonyl (C=O) groups excluding carboxylic acids is 1. The van der Waals surface area contributed by atoms with E-state index >= 15 is 0 Å². The van der Waals surface area contributed by atoms with Crippen molar-refractivity contribution in [1.82, 2.24) is 4.72 Å². The molecule has 0 bridgehead atoms. The Bertz CT molecular complexity index is 896. The lowest BCUT2D eigenvalue weighted by Crippen LogP contribution is -2.41. The van der Waals surface area contributed by atoms with Gasteiger partial charge in [0.25, 0.3) is 0 Å². The van der Waals surface area contributed by atoms with E-state index in [9.17, 15) is 13.2 Å². The average molecular weight is 373 g/mol. The number of esters is 1. The lowest BCUT2D eigenvalue weighted by molar-refractivity contribution is -0.142. The van der Waals surface area contributed by atoms with Crippen molar-refractivity contribution in [1.29, 1.82) is 0 Å². The first-order valence-corrected chi connectivity index (χ1v) is 9.22. The zero-order valence-corrected chi connectivity index (χ0v) is 15.2. The summed E-state index contributed by atoms with van der Waals surface area (Å²) in [5.41, 5.74) is 0.772. The largest absolute Gasteiger partial charge is 0.497 e. The van der Waals surface area contributed by atoms with Crippen LogP contribution in [0.1, 0.15) is 12.0 Å². The minimum atomic E-state index is -3.91. The molecule has 26 heavy (non-hydrogen) atoms. The molecule has 1 atom stereocenters. The highest BCUT2D eigenvalue weighted by atomic mass is 32.2. The Balaban J connectivity index is 2.16. The molecule has 2 aromatic rings. The number of rotatable bonds is 6. The van der Waals surface area contributed by atoms with Crippen molar-refractivity contribution in [3.63, 3.8) is 0 Å². The summed E-state index contributed by atoms with van der Waals surface area (Å²) in [6, 6.07) is 13.9.